The molecule has 2 amide bonds. The Kier molecular flexibility index (Phi) is 4.86. The third kappa shape index (κ3) is 3.96. The molecule has 1 aromatic rings. The molecule has 1 aliphatic heterocycles. The highest BCUT2D eigenvalue weighted by Gasteiger charge is 2.35. The highest BCUT2D eigenvalue weighted by atomic mass is 19.1. The normalized spacial score (nSPS) is 26.5. The highest BCUT2D eigenvalue weighted by molar-refractivity contribution is 6.67. The molecule has 8 heteroatoms. The van der Waals surface area contributed by atoms with Crippen molar-refractivity contribution in [1.82, 2.24) is 5.32 Å². The van der Waals surface area contributed by atoms with Gasteiger partial charge in [0.1, 0.15) is 5.82 Å². The van der Waals surface area contributed by atoms with Gasteiger partial charge in [-0.1, -0.05) is 0 Å². The first kappa shape index (κ1) is 18.2. The van der Waals surface area contributed by atoms with E-state index in [1.54, 1.807) is 6.92 Å². The lowest BCUT2D eigenvalue weighted by Gasteiger charge is -2.33. The average Bonchev–Trinajstić information content (AvgIpc) is 2.58. The maximum absolute atomic E-state index is 13.1. The van der Waals surface area contributed by atoms with Crippen LogP contribution in [0.4, 0.5) is 10.1 Å². The van der Waals surface area contributed by atoms with Crippen LogP contribution < -0.4 is 10.3 Å². The Morgan fingerprint density at radius 1 is 1.27 bits per heavy atom. The summed E-state index contributed by atoms with van der Waals surface area (Å²) in [6.45, 7) is 1.76. The van der Waals surface area contributed by atoms with E-state index in [0.717, 1.165) is 5.01 Å². The molecular formula is C18H20FN3O4. The average molecular weight is 361 g/mol. The van der Waals surface area contributed by atoms with Crippen LogP contribution in [-0.4, -0.2) is 40.1 Å². The van der Waals surface area contributed by atoms with E-state index in [-0.39, 0.29) is 17.4 Å². The molecular weight excluding hydrogens is 341 g/mol. The second kappa shape index (κ2) is 6.95. The van der Waals surface area contributed by atoms with Crippen LogP contribution in [-0.2, 0) is 14.4 Å². The Balaban J connectivity index is 1.75. The van der Waals surface area contributed by atoms with Crippen LogP contribution in [0.3, 0.4) is 0 Å². The fraction of sp³-hybridized carbons (Fsp3) is 0.444. The topological polar surface area (TPSA) is 99.1 Å². The minimum Gasteiger partial charge on any atom is -0.390 e. The molecule has 0 saturated heterocycles. The van der Waals surface area contributed by atoms with Crippen molar-refractivity contribution in [3.05, 3.63) is 30.1 Å². The van der Waals surface area contributed by atoms with E-state index in [4.69, 9.17) is 0 Å². The largest absolute Gasteiger partial charge is 0.390 e. The number of halogens is 1. The summed E-state index contributed by atoms with van der Waals surface area (Å²) in [6, 6.07) is 4.89. The van der Waals surface area contributed by atoms with E-state index in [1.165, 1.54) is 24.3 Å². The quantitative estimate of drug-likeness (QED) is 0.793. The number of ketones is 1. The molecule has 0 bridgehead atoms. The molecule has 0 atom stereocenters. The number of nitrogens with zero attached hydrogens (tertiary/aromatic N) is 2. The molecule has 1 aliphatic carbocycles. The number of anilines is 1. The van der Waals surface area contributed by atoms with Crippen molar-refractivity contribution in [2.75, 3.05) is 5.01 Å². The van der Waals surface area contributed by atoms with Gasteiger partial charge in [0.05, 0.1) is 17.7 Å². The van der Waals surface area contributed by atoms with Crippen molar-refractivity contribution in [2.24, 2.45) is 5.10 Å². The summed E-state index contributed by atoms with van der Waals surface area (Å²) in [4.78, 5) is 36.6. The van der Waals surface area contributed by atoms with Gasteiger partial charge in [0.2, 0.25) is 0 Å². The Morgan fingerprint density at radius 3 is 2.50 bits per heavy atom. The van der Waals surface area contributed by atoms with Gasteiger partial charge in [-0.05, 0) is 56.9 Å². The van der Waals surface area contributed by atoms with Gasteiger partial charge in [-0.15, -0.1) is 0 Å². The predicted octanol–water partition coefficient (Wildman–Crippen LogP) is 1.30. The number of carbonyl (C=O) groups excluding carboxylic acids is 3. The molecule has 7 nitrogen and oxygen atoms in total. The van der Waals surface area contributed by atoms with E-state index in [1.807, 2.05) is 0 Å². The van der Waals surface area contributed by atoms with Crippen molar-refractivity contribution in [2.45, 2.75) is 50.7 Å². The third-order valence-electron chi connectivity index (χ3n) is 4.70. The molecule has 2 N–H and O–H groups in total. The summed E-state index contributed by atoms with van der Waals surface area (Å²) < 4.78 is 13.1. The number of rotatable bonds is 3. The Labute approximate surface area is 149 Å². The van der Waals surface area contributed by atoms with Crippen molar-refractivity contribution in [3.63, 3.8) is 0 Å². The molecule has 1 heterocycles. The second-order valence-electron chi connectivity index (χ2n) is 6.98. The molecule has 26 heavy (non-hydrogen) atoms. The molecule has 0 radical (unpaired) electrons. The number of carbonyl (C=O) groups is 3. The van der Waals surface area contributed by atoms with Crippen LogP contribution in [0.1, 0.15) is 39.0 Å². The van der Waals surface area contributed by atoms with Crippen LogP contribution in [0.5, 0.6) is 0 Å². The van der Waals surface area contributed by atoms with Crippen LogP contribution in [0, 0.1) is 5.82 Å². The van der Waals surface area contributed by atoms with Crippen LogP contribution in [0.15, 0.2) is 29.4 Å². The number of nitrogens with one attached hydrogen (secondary N) is 1. The molecule has 0 spiro atoms. The van der Waals surface area contributed by atoms with E-state index in [2.05, 4.69) is 10.4 Å². The number of hydrogen-bond acceptors (Lipinski definition) is 5. The van der Waals surface area contributed by atoms with E-state index >= 15 is 0 Å². The zero-order valence-electron chi connectivity index (χ0n) is 14.4. The van der Waals surface area contributed by atoms with Crippen molar-refractivity contribution in [1.29, 1.82) is 0 Å². The first-order chi connectivity index (χ1) is 12.2. The Bertz CT molecular complexity index is 763. The van der Waals surface area contributed by atoms with Crippen molar-refractivity contribution < 1.29 is 23.9 Å². The molecule has 3 rings (SSSR count). The Morgan fingerprint density at radius 2 is 1.88 bits per heavy atom. The van der Waals surface area contributed by atoms with Gasteiger partial charge in [0.25, 0.3) is 11.8 Å². The number of hydrogen-bond donors (Lipinski definition) is 2. The predicted molar refractivity (Wildman–Crippen MR) is 92.0 cm³/mol. The zero-order chi connectivity index (χ0) is 18.9. The summed E-state index contributed by atoms with van der Waals surface area (Å²) in [5.74, 6) is -2.33. The molecule has 2 aliphatic rings. The third-order valence-corrected chi connectivity index (χ3v) is 4.70. The SMILES string of the molecule is CC1(O)CCC(NC(=O)C2=NN(c3ccc(F)cc3)C(=O)CC2=O)CC1. The number of hydrazone groups is 1. The lowest BCUT2D eigenvalue weighted by Crippen LogP contribution is -2.49. The maximum Gasteiger partial charge on any atom is 0.275 e. The van der Waals surface area contributed by atoms with Gasteiger partial charge in [-0.3, -0.25) is 14.4 Å². The summed E-state index contributed by atoms with van der Waals surface area (Å²) in [5, 5.41) is 17.6. The molecule has 1 aromatic carbocycles. The lowest BCUT2D eigenvalue weighted by molar-refractivity contribution is -0.125. The van der Waals surface area contributed by atoms with Gasteiger partial charge >= 0.3 is 0 Å². The molecule has 0 aromatic heterocycles. The van der Waals surface area contributed by atoms with Gasteiger partial charge in [0, 0.05) is 6.04 Å². The standard InChI is InChI=1S/C18H20FN3O4/c1-18(26)8-6-12(7-9-18)20-17(25)16-14(23)10-15(24)22(21-16)13-4-2-11(19)3-5-13/h2-5,12,26H,6-10H2,1H3,(H,20,25). The van der Waals surface area contributed by atoms with E-state index in [9.17, 15) is 23.9 Å². The molecule has 1 fully saturated rings. The fourth-order valence-corrected chi connectivity index (χ4v) is 3.10. The molecule has 0 unspecified atom stereocenters. The monoisotopic (exact) mass is 361 g/mol. The van der Waals surface area contributed by atoms with Crippen molar-refractivity contribution >= 4 is 29.0 Å². The number of benzene rings is 1. The lowest BCUT2D eigenvalue weighted by atomic mass is 9.83. The minimum atomic E-state index is -0.731. The van der Waals surface area contributed by atoms with Gasteiger partial charge in [-0.2, -0.15) is 10.1 Å². The molecule has 138 valence electrons. The number of Topliss-reactive ketones (excluding diaryl/α,β-unsaturated/α-hetero) is 1. The van der Waals surface area contributed by atoms with E-state index < -0.39 is 35.4 Å². The summed E-state index contributed by atoms with van der Waals surface area (Å²) in [7, 11) is 0. The van der Waals surface area contributed by atoms with Crippen LogP contribution in [0.25, 0.3) is 0 Å². The minimum absolute atomic E-state index is 0.157. The summed E-state index contributed by atoms with van der Waals surface area (Å²) >= 11 is 0. The van der Waals surface area contributed by atoms with Crippen molar-refractivity contribution in [3.8, 4) is 0 Å². The highest BCUT2D eigenvalue weighted by Crippen LogP contribution is 2.27. The summed E-state index contributed by atoms with van der Waals surface area (Å²) in [6.07, 6.45) is 1.84. The number of aliphatic hydroxyl groups is 1. The van der Waals surface area contributed by atoms with Crippen LogP contribution >= 0.6 is 0 Å². The molecule has 1 saturated carbocycles. The second-order valence-corrected chi connectivity index (χ2v) is 6.98. The Hall–Kier alpha value is -2.61. The zero-order valence-corrected chi connectivity index (χ0v) is 14.4. The van der Waals surface area contributed by atoms with Gasteiger partial charge in [0.15, 0.2) is 11.5 Å². The van der Waals surface area contributed by atoms with E-state index in [0.29, 0.717) is 25.7 Å². The number of amides is 2. The van der Waals surface area contributed by atoms with Crippen LogP contribution in [0.2, 0.25) is 0 Å². The summed E-state index contributed by atoms with van der Waals surface area (Å²) in [5.41, 5.74) is -0.792. The van der Waals surface area contributed by atoms with Gasteiger partial charge in [-0.25, -0.2) is 4.39 Å². The smallest absolute Gasteiger partial charge is 0.275 e. The first-order valence-corrected chi connectivity index (χ1v) is 8.49. The van der Waals surface area contributed by atoms with Gasteiger partial charge < -0.3 is 10.4 Å². The first-order valence-electron chi connectivity index (χ1n) is 8.49. The maximum atomic E-state index is 13.1. The fourth-order valence-electron chi connectivity index (χ4n) is 3.10.